The maximum absolute atomic E-state index is 13.4. The molecule has 1 N–H and O–H groups in total. The monoisotopic (exact) mass is 307 g/mol. The van der Waals surface area contributed by atoms with E-state index in [4.69, 9.17) is 11.6 Å². The van der Waals surface area contributed by atoms with E-state index in [2.05, 4.69) is 21.2 Å². The van der Waals surface area contributed by atoms with Crippen molar-refractivity contribution in [2.45, 2.75) is 19.4 Å². The summed E-state index contributed by atoms with van der Waals surface area (Å²) in [5.41, 5.74) is 0.0459. The summed E-state index contributed by atoms with van der Waals surface area (Å²) in [6, 6.07) is 4.28. The molecule has 1 unspecified atom stereocenters. The van der Waals surface area contributed by atoms with E-state index >= 15 is 0 Å². The first kappa shape index (κ1) is 13.5. The van der Waals surface area contributed by atoms with Crippen LogP contribution in [0.5, 0.6) is 0 Å². The number of hydrogen-bond donors (Lipinski definition) is 1. The molecular weight excluding hydrogens is 296 g/mol. The van der Waals surface area contributed by atoms with E-state index in [0.717, 1.165) is 0 Å². The van der Waals surface area contributed by atoms with Crippen LogP contribution in [-0.4, -0.2) is 17.8 Å². The standard InChI is InChI=1S/C11H12BrClFNO/c1-7(4-5-13)15-11(16)9-3-2-8(12)6-10(9)14/h2-3,6-7H,4-5H2,1H3,(H,15,16). The van der Waals surface area contributed by atoms with Gasteiger partial charge in [0, 0.05) is 16.4 Å². The number of alkyl halides is 1. The third-order valence-corrected chi connectivity index (χ3v) is 2.81. The first-order chi connectivity index (χ1) is 7.54. The quantitative estimate of drug-likeness (QED) is 0.849. The fourth-order valence-electron chi connectivity index (χ4n) is 1.21. The second-order valence-corrected chi connectivity index (χ2v) is 4.77. The van der Waals surface area contributed by atoms with Crippen LogP contribution in [0.1, 0.15) is 23.7 Å². The van der Waals surface area contributed by atoms with Gasteiger partial charge in [-0.05, 0) is 31.5 Å². The highest BCUT2D eigenvalue weighted by Gasteiger charge is 2.13. The van der Waals surface area contributed by atoms with Crippen molar-refractivity contribution >= 4 is 33.4 Å². The molecule has 16 heavy (non-hydrogen) atoms. The molecule has 0 radical (unpaired) electrons. The molecule has 88 valence electrons. The van der Waals surface area contributed by atoms with Crippen molar-refractivity contribution < 1.29 is 9.18 Å². The summed E-state index contributed by atoms with van der Waals surface area (Å²) < 4.78 is 14.0. The summed E-state index contributed by atoms with van der Waals surface area (Å²) in [5.74, 6) is -0.489. The lowest BCUT2D eigenvalue weighted by Gasteiger charge is -2.12. The van der Waals surface area contributed by atoms with Gasteiger partial charge in [0.05, 0.1) is 5.56 Å². The Morgan fingerprint density at radius 3 is 2.88 bits per heavy atom. The molecule has 0 spiro atoms. The van der Waals surface area contributed by atoms with Crippen molar-refractivity contribution in [1.29, 1.82) is 0 Å². The van der Waals surface area contributed by atoms with Gasteiger partial charge < -0.3 is 5.32 Å². The van der Waals surface area contributed by atoms with Crippen molar-refractivity contribution in [3.05, 3.63) is 34.1 Å². The Labute approximate surface area is 107 Å². The predicted octanol–water partition coefficient (Wildman–Crippen LogP) is 3.34. The molecule has 1 atom stereocenters. The molecule has 1 amide bonds. The molecule has 0 fully saturated rings. The van der Waals surface area contributed by atoms with E-state index in [9.17, 15) is 9.18 Å². The van der Waals surface area contributed by atoms with Crippen molar-refractivity contribution in [3.8, 4) is 0 Å². The SMILES string of the molecule is CC(CCCl)NC(=O)c1ccc(Br)cc1F. The Morgan fingerprint density at radius 1 is 1.62 bits per heavy atom. The number of hydrogen-bond acceptors (Lipinski definition) is 1. The van der Waals surface area contributed by atoms with Crippen LogP contribution in [0.3, 0.4) is 0 Å². The Kier molecular flexibility index (Phi) is 5.22. The van der Waals surface area contributed by atoms with Crippen molar-refractivity contribution in [2.24, 2.45) is 0 Å². The number of carbonyl (C=O) groups excluding carboxylic acids is 1. The summed E-state index contributed by atoms with van der Waals surface area (Å²) in [6.45, 7) is 1.83. The molecule has 0 heterocycles. The van der Waals surface area contributed by atoms with Gasteiger partial charge in [0.2, 0.25) is 0 Å². The number of rotatable bonds is 4. The van der Waals surface area contributed by atoms with E-state index in [0.29, 0.717) is 16.8 Å². The van der Waals surface area contributed by atoms with Crippen LogP contribution < -0.4 is 5.32 Å². The molecule has 0 aliphatic heterocycles. The van der Waals surface area contributed by atoms with Crippen LogP contribution in [0.25, 0.3) is 0 Å². The average Bonchev–Trinajstić information content (AvgIpc) is 2.17. The van der Waals surface area contributed by atoms with Gasteiger partial charge in [-0.1, -0.05) is 15.9 Å². The maximum Gasteiger partial charge on any atom is 0.254 e. The summed E-state index contributed by atoms with van der Waals surface area (Å²) >= 11 is 8.68. The number of halogens is 3. The average molecular weight is 309 g/mol. The van der Waals surface area contributed by atoms with Gasteiger partial charge in [-0.25, -0.2) is 4.39 Å². The zero-order valence-corrected chi connectivity index (χ0v) is 11.1. The Bertz CT molecular complexity index is 386. The van der Waals surface area contributed by atoms with Gasteiger partial charge in [-0.3, -0.25) is 4.79 Å². The fraction of sp³-hybridized carbons (Fsp3) is 0.364. The lowest BCUT2D eigenvalue weighted by molar-refractivity contribution is 0.0935. The Morgan fingerprint density at radius 2 is 2.31 bits per heavy atom. The zero-order chi connectivity index (χ0) is 12.1. The van der Waals surface area contributed by atoms with Crippen LogP contribution in [-0.2, 0) is 0 Å². The second-order valence-electron chi connectivity index (χ2n) is 3.48. The first-order valence-corrected chi connectivity index (χ1v) is 6.19. The molecule has 1 aromatic rings. The minimum absolute atomic E-state index is 0.0459. The largest absolute Gasteiger partial charge is 0.349 e. The summed E-state index contributed by atoms with van der Waals surface area (Å²) in [6.07, 6.45) is 0.658. The van der Waals surface area contributed by atoms with Crippen molar-refractivity contribution in [3.63, 3.8) is 0 Å². The molecule has 2 nitrogen and oxygen atoms in total. The van der Waals surface area contributed by atoms with Gasteiger partial charge in [0.1, 0.15) is 5.82 Å². The van der Waals surface area contributed by atoms with E-state index in [1.165, 1.54) is 12.1 Å². The lowest BCUT2D eigenvalue weighted by atomic mass is 10.1. The minimum atomic E-state index is -0.537. The van der Waals surface area contributed by atoms with E-state index < -0.39 is 11.7 Å². The summed E-state index contributed by atoms with van der Waals surface area (Å²) in [4.78, 5) is 11.7. The Hall–Kier alpha value is -0.610. The van der Waals surface area contributed by atoms with Gasteiger partial charge in [-0.15, -0.1) is 11.6 Å². The van der Waals surface area contributed by atoms with Crippen molar-refractivity contribution in [1.82, 2.24) is 5.32 Å². The van der Waals surface area contributed by atoms with Crippen LogP contribution in [0.2, 0.25) is 0 Å². The van der Waals surface area contributed by atoms with E-state index in [1.54, 1.807) is 6.07 Å². The molecule has 0 saturated heterocycles. The van der Waals surface area contributed by atoms with E-state index in [1.807, 2.05) is 6.92 Å². The molecule has 0 bridgehead atoms. The van der Waals surface area contributed by atoms with Gasteiger partial charge in [-0.2, -0.15) is 0 Å². The summed E-state index contributed by atoms with van der Waals surface area (Å²) in [5, 5.41) is 2.68. The number of benzene rings is 1. The molecule has 5 heteroatoms. The number of amides is 1. The number of nitrogens with one attached hydrogen (secondary N) is 1. The normalized spacial score (nSPS) is 12.2. The van der Waals surface area contributed by atoms with Crippen LogP contribution in [0.4, 0.5) is 4.39 Å². The van der Waals surface area contributed by atoms with Crippen molar-refractivity contribution in [2.75, 3.05) is 5.88 Å². The highest BCUT2D eigenvalue weighted by atomic mass is 79.9. The molecule has 1 rings (SSSR count). The smallest absolute Gasteiger partial charge is 0.254 e. The van der Waals surface area contributed by atoms with Crippen LogP contribution in [0.15, 0.2) is 22.7 Å². The third kappa shape index (κ3) is 3.76. The second kappa shape index (κ2) is 6.21. The lowest BCUT2D eigenvalue weighted by Crippen LogP contribution is -2.33. The topological polar surface area (TPSA) is 29.1 Å². The third-order valence-electron chi connectivity index (χ3n) is 2.10. The Balaban J connectivity index is 2.73. The minimum Gasteiger partial charge on any atom is -0.349 e. The van der Waals surface area contributed by atoms with Gasteiger partial charge >= 0.3 is 0 Å². The fourth-order valence-corrected chi connectivity index (χ4v) is 1.87. The zero-order valence-electron chi connectivity index (χ0n) is 8.77. The highest BCUT2D eigenvalue weighted by molar-refractivity contribution is 9.10. The van der Waals surface area contributed by atoms with Crippen LogP contribution >= 0.6 is 27.5 Å². The predicted molar refractivity (Wildman–Crippen MR) is 66.4 cm³/mol. The number of carbonyl (C=O) groups is 1. The first-order valence-electron chi connectivity index (χ1n) is 4.86. The highest BCUT2D eigenvalue weighted by Crippen LogP contribution is 2.15. The summed E-state index contributed by atoms with van der Waals surface area (Å²) in [7, 11) is 0. The van der Waals surface area contributed by atoms with Gasteiger partial charge in [0.25, 0.3) is 5.91 Å². The molecule has 1 aromatic carbocycles. The molecule has 0 aliphatic rings. The molecule has 0 saturated carbocycles. The molecule has 0 aliphatic carbocycles. The molecular formula is C11H12BrClFNO. The molecule has 0 aromatic heterocycles. The van der Waals surface area contributed by atoms with Crippen LogP contribution in [0, 0.1) is 5.82 Å². The van der Waals surface area contributed by atoms with Gasteiger partial charge in [0.15, 0.2) is 0 Å². The maximum atomic E-state index is 13.4. The van der Waals surface area contributed by atoms with E-state index in [-0.39, 0.29) is 11.6 Å².